The summed E-state index contributed by atoms with van der Waals surface area (Å²) in [6.07, 6.45) is 5.35. The van der Waals surface area contributed by atoms with Crippen LogP contribution in [0.15, 0.2) is 46.4 Å². The Morgan fingerprint density at radius 3 is 2.77 bits per heavy atom. The fourth-order valence-corrected chi connectivity index (χ4v) is 5.77. The van der Waals surface area contributed by atoms with Gasteiger partial charge in [0.2, 0.25) is 0 Å². The van der Waals surface area contributed by atoms with E-state index in [9.17, 15) is 14.4 Å². The maximum atomic E-state index is 14.1. The molecule has 0 bridgehead atoms. The first-order valence-electron chi connectivity index (χ1n) is 10.6. The van der Waals surface area contributed by atoms with Crippen molar-refractivity contribution in [3.63, 3.8) is 0 Å². The number of halogens is 1. The topological polar surface area (TPSA) is 91.6 Å². The minimum atomic E-state index is -0.848. The van der Waals surface area contributed by atoms with E-state index in [1.54, 1.807) is 6.07 Å². The number of nitriles is 1. The Bertz CT molecular complexity index is 1190. The van der Waals surface area contributed by atoms with E-state index in [2.05, 4.69) is 6.07 Å². The van der Waals surface area contributed by atoms with Gasteiger partial charge in [-0.05, 0) is 73.6 Å². The van der Waals surface area contributed by atoms with Gasteiger partial charge in [-0.1, -0.05) is 18.6 Å². The average Bonchev–Trinajstić information content (AvgIpc) is 3.20. The Labute approximate surface area is 180 Å². The molecule has 2 N–H and O–H groups in total. The number of nitrogens with two attached hydrogens (primary N) is 1. The van der Waals surface area contributed by atoms with Crippen LogP contribution in [0, 0.1) is 28.5 Å². The number of nitrogens with zero attached hydrogens (tertiary/aromatic N) is 3. The maximum absolute atomic E-state index is 14.1. The van der Waals surface area contributed by atoms with Gasteiger partial charge in [-0.25, -0.2) is 9.38 Å². The summed E-state index contributed by atoms with van der Waals surface area (Å²) in [5.74, 6) is -0.0180. The molecule has 1 fully saturated rings. The second-order valence-electron chi connectivity index (χ2n) is 9.03. The second-order valence-corrected chi connectivity index (χ2v) is 9.03. The Hall–Kier alpha value is -3.33. The molecule has 0 saturated heterocycles. The van der Waals surface area contributed by atoms with Gasteiger partial charge >= 0.3 is 0 Å². The van der Waals surface area contributed by atoms with Crippen LogP contribution in [-0.2, 0) is 16.9 Å². The van der Waals surface area contributed by atoms with Gasteiger partial charge in [0.25, 0.3) is 0 Å². The van der Waals surface area contributed by atoms with Gasteiger partial charge in [0.05, 0.1) is 17.3 Å². The third-order valence-corrected chi connectivity index (χ3v) is 7.17. The predicted octanol–water partition coefficient (Wildman–Crippen LogP) is 4.28. The van der Waals surface area contributed by atoms with Crippen molar-refractivity contribution in [3.8, 4) is 17.2 Å². The van der Waals surface area contributed by atoms with E-state index in [0.717, 1.165) is 55.1 Å². The van der Waals surface area contributed by atoms with Crippen LogP contribution in [0.25, 0.3) is 11.1 Å². The number of amidine groups is 1. The zero-order valence-electron chi connectivity index (χ0n) is 17.4. The fraction of sp³-hybridized carbons (Fsp3) is 0.360. The summed E-state index contributed by atoms with van der Waals surface area (Å²) in [6.45, 7) is 1.87. The lowest BCUT2D eigenvalue weighted by molar-refractivity contribution is -0.114. The van der Waals surface area contributed by atoms with Gasteiger partial charge in [-0.3, -0.25) is 4.99 Å². The summed E-state index contributed by atoms with van der Waals surface area (Å²) in [6, 6.07) is 12.4. The van der Waals surface area contributed by atoms with Crippen LogP contribution in [0.5, 0.6) is 0 Å². The molecule has 2 aromatic rings. The number of fused-ring (bicyclic) bond motifs is 3. The first-order chi connectivity index (χ1) is 14.9. The number of carbonyl (C=O) groups excluding carboxylic acids is 1. The molecule has 1 saturated carbocycles. The van der Waals surface area contributed by atoms with Gasteiger partial charge in [0, 0.05) is 16.9 Å². The van der Waals surface area contributed by atoms with E-state index in [4.69, 9.17) is 15.7 Å². The van der Waals surface area contributed by atoms with Gasteiger partial charge in [-0.15, -0.1) is 0 Å². The van der Waals surface area contributed by atoms with Crippen LogP contribution in [0.1, 0.15) is 49.3 Å². The van der Waals surface area contributed by atoms with E-state index >= 15 is 0 Å². The molecule has 6 heteroatoms. The highest BCUT2D eigenvalue weighted by Gasteiger charge is 2.61. The molecule has 5 nitrogen and oxygen atoms in total. The summed E-state index contributed by atoms with van der Waals surface area (Å²) in [4.78, 5) is 21.6. The highest BCUT2D eigenvalue weighted by Crippen LogP contribution is 2.62. The molecular formula is C25H23FN4O. The Balaban J connectivity index is 1.69. The Morgan fingerprint density at radius 2 is 2.06 bits per heavy atom. The second kappa shape index (κ2) is 6.84. The van der Waals surface area contributed by atoms with E-state index in [1.165, 1.54) is 12.1 Å². The molecule has 3 atom stereocenters. The normalized spacial score (nSPS) is 28.9. The molecule has 3 unspecified atom stereocenters. The molecule has 1 heterocycles. The Kier molecular flexibility index (Phi) is 4.33. The highest BCUT2D eigenvalue weighted by molar-refractivity contribution is 6.41. The van der Waals surface area contributed by atoms with Crippen molar-refractivity contribution in [1.82, 2.24) is 0 Å². The first kappa shape index (κ1) is 19.6. The summed E-state index contributed by atoms with van der Waals surface area (Å²) in [7, 11) is 0. The molecular weight excluding hydrogens is 391 g/mol. The van der Waals surface area contributed by atoms with Crippen molar-refractivity contribution in [2.24, 2.45) is 27.1 Å². The third-order valence-electron chi connectivity index (χ3n) is 7.17. The number of aldehydes is 1. The standard InChI is InChI=1S/C25H23FN4O/c1-15-23(28)30-25(29-15)22-10-18(20-7-17(13-27)8-21(26)9-20)4-5-19(22)12-24(25)6-2-3-16(11-24)14-31/h4-5,7-10,14,16H,2-3,6,11-12H2,1H3,(H2,28,30). The number of benzene rings is 2. The summed E-state index contributed by atoms with van der Waals surface area (Å²) in [5, 5.41) is 9.23. The van der Waals surface area contributed by atoms with Crippen molar-refractivity contribution >= 4 is 17.8 Å². The molecule has 31 heavy (non-hydrogen) atoms. The fourth-order valence-electron chi connectivity index (χ4n) is 5.77. The number of carbonyl (C=O) groups is 1. The van der Waals surface area contributed by atoms with Crippen LogP contribution in [0.3, 0.4) is 0 Å². The summed E-state index contributed by atoms with van der Waals surface area (Å²) < 4.78 is 14.1. The van der Waals surface area contributed by atoms with Crippen molar-refractivity contribution in [3.05, 3.63) is 58.9 Å². The van der Waals surface area contributed by atoms with Gasteiger partial charge in [0.15, 0.2) is 5.66 Å². The predicted molar refractivity (Wildman–Crippen MR) is 117 cm³/mol. The Morgan fingerprint density at radius 1 is 1.23 bits per heavy atom. The minimum absolute atomic E-state index is 0.00616. The van der Waals surface area contributed by atoms with Crippen LogP contribution in [-0.4, -0.2) is 17.8 Å². The molecule has 156 valence electrons. The number of hydrogen-bond acceptors (Lipinski definition) is 5. The SMILES string of the molecule is CC1=NC2(N=C1N)c1cc(-c3cc(F)cc(C#N)c3)ccc1CC21CCCC(C=O)C1. The number of hydrogen-bond donors (Lipinski definition) is 1. The zero-order valence-corrected chi connectivity index (χ0v) is 17.4. The molecule has 0 radical (unpaired) electrons. The smallest absolute Gasteiger partial charge is 0.184 e. The van der Waals surface area contributed by atoms with Crippen LogP contribution >= 0.6 is 0 Å². The van der Waals surface area contributed by atoms with Crippen LogP contribution in [0.4, 0.5) is 4.39 Å². The monoisotopic (exact) mass is 414 g/mol. The van der Waals surface area contributed by atoms with E-state index < -0.39 is 11.5 Å². The lowest BCUT2D eigenvalue weighted by Crippen LogP contribution is -2.43. The van der Waals surface area contributed by atoms with Crippen molar-refractivity contribution < 1.29 is 9.18 Å². The third kappa shape index (κ3) is 2.83. The molecule has 2 spiro atoms. The highest BCUT2D eigenvalue weighted by atomic mass is 19.1. The van der Waals surface area contributed by atoms with Gasteiger partial charge in [0.1, 0.15) is 17.9 Å². The van der Waals surface area contributed by atoms with Crippen molar-refractivity contribution in [2.45, 2.75) is 44.7 Å². The molecule has 2 aromatic carbocycles. The lowest BCUT2D eigenvalue weighted by Gasteiger charge is -2.44. The number of rotatable bonds is 2. The minimum Gasteiger partial charge on any atom is -0.382 e. The molecule has 2 aliphatic carbocycles. The molecule has 0 amide bonds. The average molecular weight is 414 g/mol. The van der Waals surface area contributed by atoms with E-state index in [-0.39, 0.29) is 16.9 Å². The quantitative estimate of drug-likeness (QED) is 0.744. The van der Waals surface area contributed by atoms with Crippen molar-refractivity contribution in [2.75, 3.05) is 0 Å². The first-order valence-corrected chi connectivity index (χ1v) is 10.6. The summed E-state index contributed by atoms with van der Waals surface area (Å²) >= 11 is 0. The summed E-state index contributed by atoms with van der Waals surface area (Å²) in [5.41, 5.74) is 9.63. The van der Waals surface area contributed by atoms with Crippen molar-refractivity contribution in [1.29, 1.82) is 5.26 Å². The van der Waals surface area contributed by atoms with E-state index in [0.29, 0.717) is 17.1 Å². The van der Waals surface area contributed by atoms with Crippen LogP contribution in [0.2, 0.25) is 0 Å². The maximum Gasteiger partial charge on any atom is 0.184 e. The lowest BCUT2D eigenvalue weighted by atomic mass is 9.63. The van der Waals surface area contributed by atoms with E-state index in [1.807, 2.05) is 25.1 Å². The van der Waals surface area contributed by atoms with Gasteiger partial charge in [-0.2, -0.15) is 5.26 Å². The van der Waals surface area contributed by atoms with Crippen LogP contribution < -0.4 is 5.73 Å². The van der Waals surface area contributed by atoms with Gasteiger partial charge < -0.3 is 10.5 Å². The largest absolute Gasteiger partial charge is 0.382 e. The zero-order chi connectivity index (χ0) is 21.8. The number of aliphatic imine (C=N–C) groups is 2. The molecule has 1 aliphatic heterocycles. The molecule has 0 aromatic heterocycles. The molecule has 3 aliphatic rings. The molecule has 5 rings (SSSR count).